The number of hydrogen-bond acceptors (Lipinski definition) is 3. The van der Waals surface area contributed by atoms with Crippen LogP contribution in [0, 0.1) is 6.92 Å². The van der Waals surface area contributed by atoms with Crippen molar-refractivity contribution in [1.82, 2.24) is 9.78 Å². The van der Waals surface area contributed by atoms with Crippen molar-refractivity contribution in [2.45, 2.75) is 17.6 Å². The fraction of sp³-hybridized carbons (Fsp3) is 0.250. The molecule has 0 radical (unpaired) electrons. The summed E-state index contributed by atoms with van der Waals surface area (Å²) in [6.07, 6.45) is 0. The maximum Gasteiger partial charge on any atom is 0.0855 e. The molecule has 18 heavy (non-hydrogen) atoms. The Morgan fingerprint density at radius 3 is 2.67 bits per heavy atom. The van der Waals surface area contributed by atoms with Crippen LogP contribution in [0.2, 0.25) is 10.0 Å². The van der Waals surface area contributed by atoms with E-state index in [0.29, 0.717) is 21.5 Å². The molecular weight excluding hydrogens is 289 g/mol. The van der Waals surface area contributed by atoms with Crippen molar-refractivity contribution >= 4 is 40.7 Å². The second kappa shape index (κ2) is 5.43. The van der Waals surface area contributed by atoms with E-state index < -0.39 is 0 Å². The average Bonchev–Trinajstić information content (AvgIpc) is 2.54. The third-order valence-electron chi connectivity index (χ3n) is 2.61. The molecule has 0 aliphatic heterocycles. The molecular formula is C12H13Cl2N3S. The van der Waals surface area contributed by atoms with Crippen molar-refractivity contribution < 1.29 is 0 Å². The van der Waals surface area contributed by atoms with E-state index in [9.17, 15) is 0 Å². The van der Waals surface area contributed by atoms with E-state index in [2.05, 4.69) is 5.10 Å². The summed E-state index contributed by atoms with van der Waals surface area (Å²) < 4.78 is 1.79. The Kier molecular flexibility index (Phi) is 4.10. The van der Waals surface area contributed by atoms with Gasteiger partial charge in [0.25, 0.3) is 0 Å². The molecule has 0 aliphatic rings. The highest BCUT2D eigenvalue weighted by Crippen LogP contribution is 2.35. The van der Waals surface area contributed by atoms with Gasteiger partial charge in [-0.3, -0.25) is 4.68 Å². The first kappa shape index (κ1) is 13.6. The lowest BCUT2D eigenvalue weighted by Gasteiger charge is -2.08. The van der Waals surface area contributed by atoms with E-state index in [1.54, 1.807) is 16.4 Å². The molecule has 2 N–H and O–H groups in total. The number of thioether (sulfide) groups is 1. The molecule has 96 valence electrons. The Morgan fingerprint density at radius 2 is 2.11 bits per heavy atom. The van der Waals surface area contributed by atoms with Crippen molar-refractivity contribution in [3.63, 3.8) is 0 Å². The Bertz CT molecular complexity index is 561. The summed E-state index contributed by atoms with van der Waals surface area (Å²) in [5.74, 6) is 0.685. The van der Waals surface area contributed by atoms with Crippen molar-refractivity contribution in [2.24, 2.45) is 7.05 Å². The van der Waals surface area contributed by atoms with Crippen LogP contribution in [-0.4, -0.2) is 9.78 Å². The molecule has 3 nitrogen and oxygen atoms in total. The molecule has 0 spiro atoms. The number of hydrogen-bond donors (Lipinski definition) is 1. The molecule has 0 atom stereocenters. The minimum absolute atomic E-state index is 0.662. The van der Waals surface area contributed by atoms with E-state index in [0.717, 1.165) is 16.3 Å². The van der Waals surface area contributed by atoms with Gasteiger partial charge >= 0.3 is 0 Å². The maximum absolute atomic E-state index is 6.20. The first-order valence-corrected chi connectivity index (χ1v) is 7.09. The first-order valence-electron chi connectivity index (χ1n) is 5.35. The summed E-state index contributed by atoms with van der Waals surface area (Å²) in [7, 11) is 1.88. The Labute approximate surface area is 120 Å². The highest BCUT2D eigenvalue weighted by Gasteiger charge is 2.13. The van der Waals surface area contributed by atoms with E-state index in [-0.39, 0.29) is 0 Å². The lowest BCUT2D eigenvalue weighted by atomic mass is 10.3. The molecule has 0 amide bonds. The summed E-state index contributed by atoms with van der Waals surface area (Å²) in [5, 5.41) is 5.64. The number of nitrogens with zero attached hydrogens (tertiary/aromatic N) is 2. The zero-order valence-electron chi connectivity index (χ0n) is 10.1. The zero-order chi connectivity index (χ0) is 13.3. The van der Waals surface area contributed by atoms with Crippen LogP contribution < -0.4 is 5.73 Å². The fourth-order valence-corrected chi connectivity index (χ4v) is 3.36. The number of halogens is 2. The molecule has 1 aromatic heterocycles. The number of nitrogen functional groups attached to an aromatic ring is 1. The van der Waals surface area contributed by atoms with Gasteiger partial charge in [0, 0.05) is 23.4 Å². The van der Waals surface area contributed by atoms with Gasteiger partial charge in [0.15, 0.2) is 0 Å². The van der Waals surface area contributed by atoms with Gasteiger partial charge in [0.2, 0.25) is 0 Å². The quantitative estimate of drug-likeness (QED) is 0.690. The van der Waals surface area contributed by atoms with Crippen LogP contribution in [0.5, 0.6) is 0 Å². The standard InChI is InChI=1S/C12H13Cl2N3S/c1-7-11(14)10(17(2)16-7)6-18-12-8(13)4-3-5-9(12)15/h3-5H,6,15H2,1-2H3. The topological polar surface area (TPSA) is 43.8 Å². The Hall–Kier alpha value is -0.840. The molecule has 1 heterocycles. The molecule has 0 unspecified atom stereocenters. The SMILES string of the molecule is Cc1nn(C)c(CSc2c(N)cccc2Cl)c1Cl. The largest absolute Gasteiger partial charge is 0.398 e. The van der Waals surface area contributed by atoms with Crippen LogP contribution in [0.4, 0.5) is 5.69 Å². The predicted octanol–water partition coefficient (Wildman–Crippen LogP) is 3.91. The minimum atomic E-state index is 0.662. The molecule has 2 rings (SSSR count). The van der Waals surface area contributed by atoms with Crippen LogP contribution >= 0.6 is 35.0 Å². The second-order valence-electron chi connectivity index (χ2n) is 3.92. The molecule has 6 heteroatoms. The lowest BCUT2D eigenvalue weighted by Crippen LogP contribution is -1.97. The summed E-state index contributed by atoms with van der Waals surface area (Å²) in [4.78, 5) is 0.883. The third kappa shape index (κ3) is 2.60. The summed E-state index contributed by atoms with van der Waals surface area (Å²) >= 11 is 13.9. The Morgan fingerprint density at radius 1 is 1.39 bits per heavy atom. The second-order valence-corrected chi connectivity index (χ2v) is 5.69. The van der Waals surface area contributed by atoms with Crippen LogP contribution in [0.3, 0.4) is 0 Å². The molecule has 0 aliphatic carbocycles. The highest BCUT2D eigenvalue weighted by molar-refractivity contribution is 7.98. The van der Waals surface area contributed by atoms with Gasteiger partial charge in [0.05, 0.1) is 21.4 Å². The van der Waals surface area contributed by atoms with E-state index in [1.807, 2.05) is 32.2 Å². The van der Waals surface area contributed by atoms with Crippen molar-refractivity contribution in [2.75, 3.05) is 5.73 Å². The molecule has 0 saturated heterocycles. The number of anilines is 1. The van der Waals surface area contributed by atoms with Crippen LogP contribution in [0.15, 0.2) is 23.1 Å². The number of aryl methyl sites for hydroxylation is 2. The molecule has 1 aromatic carbocycles. The molecule has 0 saturated carbocycles. The van der Waals surface area contributed by atoms with Gasteiger partial charge in [-0.05, 0) is 19.1 Å². The van der Waals surface area contributed by atoms with E-state index >= 15 is 0 Å². The van der Waals surface area contributed by atoms with Crippen molar-refractivity contribution in [1.29, 1.82) is 0 Å². The minimum Gasteiger partial charge on any atom is -0.398 e. The number of aromatic nitrogens is 2. The van der Waals surface area contributed by atoms with Gasteiger partial charge in [0.1, 0.15) is 0 Å². The van der Waals surface area contributed by atoms with Crippen molar-refractivity contribution in [3.8, 4) is 0 Å². The highest BCUT2D eigenvalue weighted by atomic mass is 35.5. The monoisotopic (exact) mass is 301 g/mol. The first-order chi connectivity index (χ1) is 8.50. The van der Waals surface area contributed by atoms with Gasteiger partial charge in [-0.2, -0.15) is 5.10 Å². The normalized spacial score (nSPS) is 10.9. The number of benzene rings is 1. The molecule has 0 bridgehead atoms. The van der Waals surface area contributed by atoms with E-state index in [1.165, 1.54) is 0 Å². The fourth-order valence-electron chi connectivity index (χ4n) is 1.66. The van der Waals surface area contributed by atoms with Crippen molar-refractivity contribution in [3.05, 3.63) is 39.6 Å². The van der Waals surface area contributed by atoms with Crippen LogP contribution in [0.1, 0.15) is 11.4 Å². The van der Waals surface area contributed by atoms with Gasteiger partial charge in [-0.1, -0.05) is 29.3 Å². The smallest absolute Gasteiger partial charge is 0.0855 e. The van der Waals surface area contributed by atoms with E-state index in [4.69, 9.17) is 28.9 Å². The van der Waals surface area contributed by atoms with Gasteiger partial charge < -0.3 is 5.73 Å². The summed E-state index contributed by atoms with van der Waals surface area (Å²) in [6.45, 7) is 1.89. The number of nitrogens with two attached hydrogens (primary N) is 1. The number of rotatable bonds is 3. The zero-order valence-corrected chi connectivity index (χ0v) is 12.4. The summed E-state index contributed by atoms with van der Waals surface area (Å²) in [5.41, 5.74) is 8.39. The predicted molar refractivity (Wildman–Crippen MR) is 78.4 cm³/mol. The van der Waals surface area contributed by atoms with Gasteiger partial charge in [-0.15, -0.1) is 11.8 Å². The third-order valence-corrected chi connectivity index (χ3v) is 4.69. The molecule has 0 fully saturated rings. The molecule has 2 aromatic rings. The average molecular weight is 302 g/mol. The maximum atomic E-state index is 6.20. The Balaban J connectivity index is 2.22. The summed E-state index contributed by atoms with van der Waals surface area (Å²) in [6, 6.07) is 5.50. The van der Waals surface area contributed by atoms with Crippen LogP contribution in [-0.2, 0) is 12.8 Å². The van der Waals surface area contributed by atoms with Crippen LogP contribution in [0.25, 0.3) is 0 Å². The van der Waals surface area contributed by atoms with Gasteiger partial charge in [-0.25, -0.2) is 0 Å². The lowest BCUT2D eigenvalue weighted by molar-refractivity contribution is 0.727.